The van der Waals surface area contributed by atoms with Crippen LogP contribution in [0, 0.1) is 0 Å². The third-order valence-corrected chi connectivity index (χ3v) is 12.4. The van der Waals surface area contributed by atoms with Crippen LogP contribution in [0.15, 0.2) is 199 Å². The number of hydrogen-bond acceptors (Lipinski definition) is 4. The summed E-state index contributed by atoms with van der Waals surface area (Å²) >= 11 is 0. The lowest BCUT2D eigenvalue weighted by molar-refractivity contribution is 0.665. The summed E-state index contributed by atoms with van der Waals surface area (Å²) < 4.78 is 6.64. The molecule has 0 radical (unpaired) electrons. The van der Waals surface area contributed by atoms with Crippen LogP contribution in [0.3, 0.4) is 0 Å². The van der Waals surface area contributed by atoms with Crippen molar-refractivity contribution in [2.24, 2.45) is 0 Å². The first-order valence-electron chi connectivity index (χ1n) is 20.7. The van der Waals surface area contributed by atoms with Gasteiger partial charge in [-0.3, -0.25) is 0 Å². The molecular weight excluding hydrogens is 731 g/mol. The van der Waals surface area contributed by atoms with E-state index in [4.69, 9.17) is 19.4 Å². The number of para-hydroxylation sites is 1. The molecule has 60 heavy (non-hydrogen) atoms. The molecule has 11 aromatic rings. The van der Waals surface area contributed by atoms with E-state index in [1.54, 1.807) is 0 Å². The smallest absolute Gasteiger partial charge is 0.164 e. The minimum absolute atomic E-state index is 0.0377. The van der Waals surface area contributed by atoms with E-state index in [0.717, 1.165) is 73.4 Å². The molecule has 282 valence electrons. The number of aryl methyl sites for hydroxylation is 1. The second kappa shape index (κ2) is 14.0. The Morgan fingerprint density at radius 2 is 0.983 bits per heavy atom. The summed E-state index contributed by atoms with van der Waals surface area (Å²) in [4.78, 5) is 16.1. The molecule has 0 bridgehead atoms. The first kappa shape index (κ1) is 34.4. The first-order valence-corrected chi connectivity index (χ1v) is 20.7. The van der Waals surface area contributed by atoms with E-state index in [1.807, 2.05) is 12.1 Å². The average molecular weight is 768 g/mol. The van der Waals surface area contributed by atoms with Gasteiger partial charge in [0.25, 0.3) is 0 Å². The Morgan fingerprint density at radius 3 is 1.83 bits per heavy atom. The zero-order chi connectivity index (χ0) is 39.6. The predicted molar refractivity (Wildman–Crippen MR) is 246 cm³/mol. The molecule has 12 rings (SSSR count). The summed E-state index contributed by atoms with van der Waals surface area (Å²) in [5.41, 5.74) is 13.3. The van der Waals surface area contributed by atoms with E-state index in [2.05, 4.69) is 182 Å². The van der Waals surface area contributed by atoms with E-state index in [0.29, 0.717) is 17.5 Å². The van der Waals surface area contributed by atoms with Crippen molar-refractivity contribution in [2.75, 3.05) is 0 Å². The predicted octanol–water partition coefficient (Wildman–Crippen LogP) is 14.5. The monoisotopic (exact) mass is 767 g/mol. The van der Waals surface area contributed by atoms with E-state index in [-0.39, 0.29) is 5.92 Å². The van der Waals surface area contributed by atoms with Gasteiger partial charge in [0.15, 0.2) is 17.5 Å². The number of aromatic nitrogens is 3. The highest BCUT2D eigenvalue weighted by Crippen LogP contribution is 2.47. The van der Waals surface area contributed by atoms with Gasteiger partial charge in [0.05, 0.1) is 0 Å². The Hall–Kier alpha value is -7.69. The van der Waals surface area contributed by atoms with Crippen LogP contribution < -0.4 is 0 Å². The summed E-state index contributed by atoms with van der Waals surface area (Å²) in [6.45, 7) is 0. The van der Waals surface area contributed by atoms with Crippen molar-refractivity contribution in [3.05, 3.63) is 211 Å². The number of nitrogens with zero attached hydrogens (tertiary/aromatic N) is 3. The van der Waals surface area contributed by atoms with Gasteiger partial charge in [0, 0.05) is 33.4 Å². The maximum atomic E-state index is 6.64. The van der Waals surface area contributed by atoms with Crippen molar-refractivity contribution in [1.82, 2.24) is 15.0 Å². The number of rotatable bonds is 5. The highest BCUT2D eigenvalue weighted by molar-refractivity contribution is 6.07. The second-order valence-corrected chi connectivity index (χ2v) is 15.8. The summed E-state index contributed by atoms with van der Waals surface area (Å²) in [5.74, 6) is 1.95. The summed E-state index contributed by atoms with van der Waals surface area (Å²) in [6.07, 6.45) is 1.84. The molecule has 0 saturated carbocycles. The minimum atomic E-state index is 0.0377. The van der Waals surface area contributed by atoms with Gasteiger partial charge in [-0.1, -0.05) is 170 Å². The standard InChI is InChI=1S/C56H37N3O/c1-2-13-35(14-3-1)36-25-27-38(28-26-36)54-57-55(47-23-12-18-37-15-6-7-19-42(37)47)59-56(58-54)51-33-50-46-22-10-11-24-52(46)60-53(50)34-49(51)45-30-29-41-31-39-16-4-5-17-40(39)32-48(41)44-21-9-8-20-43(44)45/h1-28,31-34,45H,29-30H2/t45-/m1/s1. The zero-order valence-corrected chi connectivity index (χ0v) is 32.7. The van der Waals surface area contributed by atoms with Crippen molar-refractivity contribution in [1.29, 1.82) is 0 Å². The first-order chi connectivity index (χ1) is 29.7. The Kier molecular flexibility index (Phi) is 8.02. The third-order valence-electron chi connectivity index (χ3n) is 12.4. The van der Waals surface area contributed by atoms with E-state index < -0.39 is 0 Å². The van der Waals surface area contributed by atoms with Crippen LogP contribution in [0.25, 0.3) is 99.9 Å². The second-order valence-electron chi connectivity index (χ2n) is 15.8. The normalized spacial score (nSPS) is 13.7. The molecule has 0 aliphatic heterocycles. The highest BCUT2D eigenvalue weighted by Gasteiger charge is 2.29. The lowest BCUT2D eigenvalue weighted by Gasteiger charge is -2.22. The van der Waals surface area contributed by atoms with Crippen LogP contribution in [0.5, 0.6) is 0 Å². The van der Waals surface area contributed by atoms with Crippen molar-refractivity contribution >= 4 is 43.5 Å². The van der Waals surface area contributed by atoms with Gasteiger partial charge in [0.2, 0.25) is 0 Å². The van der Waals surface area contributed by atoms with Gasteiger partial charge < -0.3 is 4.42 Å². The van der Waals surface area contributed by atoms with Crippen LogP contribution >= 0.6 is 0 Å². The van der Waals surface area contributed by atoms with Crippen LogP contribution in [-0.2, 0) is 6.42 Å². The van der Waals surface area contributed by atoms with Gasteiger partial charge in [-0.2, -0.15) is 0 Å². The molecule has 0 amide bonds. The Bertz CT molecular complexity index is 3430. The molecular formula is C56H37N3O. The van der Waals surface area contributed by atoms with Crippen LogP contribution in [0.2, 0.25) is 0 Å². The average Bonchev–Trinajstić information content (AvgIpc) is 3.60. The van der Waals surface area contributed by atoms with Crippen molar-refractivity contribution in [3.63, 3.8) is 0 Å². The maximum absolute atomic E-state index is 6.64. The van der Waals surface area contributed by atoms with Gasteiger partial charge >= 0.3 is 0 Å². The minimum Gasteiger partial charge on any atom is -0.456 e. The fraction of sp³-hybridized carbons (Fsp3) is 0.0536. The molecule has 2 heterocycles. The number of benzene rings is 9. The number of fused-ring (bicyclic) bond motifs is 8. The SMILES string of the molecule is c1ccc(-c2ccc(-c3nc(-c4cc5c(cc4[C@@H]4CCc6cc7ccccc7cc6-c6ccccc64)oc4ccccc45)nc(-c4cccc5ccccc45)n3)cc2)cc1. The topological polar surface area (TPSA) is 51.8 Å². The van der Waals surface area contributed by atoms with Crippen LogP contribution in [0.1, 0.15) is 29.0 Å². The maximum Gasteiger partial charge on any atom is 0.164 e. The van der Waals surface area contributed by atoms with Crippen LogP contribution in [-0.4, -0.2) is 15.0 Å². The van der Waals surface area contributed by atoms with Crippen LogP contribution in [0.4, 0.5) is 0 Å². The molecule has 0 N–H and O–H groups in total. The molecule has 0 spiro atoms. The van der Waals surface area contributed by atoms with Gasteiger partial charge in [0.1, 0.15) is 11.2 Å². The lowest BCUT2D eigenvalue weighted by atomic mass is 9.82. The molecule has 1 aliphatic carbocycles. The molecule has 0 unspecified atom stereocenters. The Morgan fingerprint density at radius 1 is 0.367 bits per heavy atom. The fourth-order valence-corrected chi connectivity index (χ4v) is 9.45. The summed E-state index contributed by atoms with van der Waals surface area (Å²) in [5, 5.41) is 6.88. The Balaban J connectivity index is 1.11. The number of furan rings is 1. The lowest BCUT2D eigenvalue weighted by Crippen LogP contribution is -2.07. The molecule has 9 aromatic carbocycles. The van der Waals surface area contributed by atoms with Gasteiger partial charge in [-0.25, -0.2) is 15.0 Å². The highest BCUT2D eigenvalue weighted by atomic mass is 16.3. The van der Waals surface area contributed by atoms with Crippen molar-refractivity contribution < 1.29 is 4.42 Å². The molecule has 4 nitrogen and oxygen atoms in total. The summed E-state index contributed by atoms with van der Waals surface area (Å²) in [6, 6.07) is 69.1. The molecule has 2 aromatic heterocycles. The largest absolute Gasteiger partial charge is 0.456 e. The van der Waals surface area contributed by atoms with Gasteiger partial charge in [-0.05, 0) is 97.6 Å². The molecule has 1 atom stereocenters. The zero-order valence-electron chi connectivity index (χ0n) is 32.7. The quantitative estimate of drug-likeness (QED) is 0.175. The molecule has 4 heteroatoms. The van der Waals surface area contributed by atoms with Gasteiger partial charge in [-0.15, -0.1) is 0 Å². The molecule has 0 saturated heterocycles. The fourth-order valence-electron chi connectivity index (χ4n) is 9.45. The third kappa shape index (κ3) is 5.79. The number of hydrogen-bond donors (Lipinski definition) is 0. The van der Waals surface area contributed by atoms with Crippen molar-refractivity contribution in [3.8, 4) is 56.4 Å². The van der Waals surface area contributed by atoms with E-state index in [1.165, 1.54) is 38.6 Å². The summed E-state index contributed by atoms with van der Waals surface area (Å²) in [7, 11) is 0. The van der Waals surface area contributed by atoms with Crippen molar-refractivity contribution in [2.45, 2.75) is 18.8 Å². The molecule has 0 fully saturated rings. The van der Waals surface area contributed by atoms with E-state index in [9.17, 15) is 0 Å². The van der Waals surface area contributed by atoms with E-state index >= 15 is 0 Å². The Labute approximate surface area is 347 Å². The molecule has 1 aliphatic rings.